The van der Waals surface area contributed by atoms with Gasteiger partial charge in [-0.05, 0) is 13.0 Å². The van der Waals surface area contributed by atoms with E-state index in [1.807, 2.05) is 0 Å². The summed E-state index contributed by atoms with van der Waals surface area (Å²) < 4.78 is 10.2. The first-order chi connectivity index (χ1) is 13.8. The summed E-state index contributed by atoms with van der Waals surface area (Å²) in [5.41, 5.74) is -0.253. The first kappa shape index (κ1) is 21.8. The van der Waals surface area contributed by atoms with E-state index in [-0.39, 0.29) is 27.8 Å². The molecule has 152 valence electrons. The molecule has 0 radical (unpaired) electrons. The molecule has 1 amide bonds. The number of para-hydroxylation sites is 1. The third kappa shape index (κ3) is 5.26. The van der Waals surface area contributed by atoms with Crippen LogP contribution in [0.5, 0.6) is 11.5 Å². The lowest BCUT2D eigenvalue weighted by Crippen LogP contribution is -2.32. The number of ketones is 1. The maximum atomic E-state index is 12.6. The van der Waals surface area contributed by atoms with Crippen molar-refractivity contribution in [2.24, 2.45) is 10.2 Å². The number of azo groups is 1. The predicted molar refractivity (Wildman–Crippen MR) is 105 cm³/mol. The summed E-state index contributed by atoms with van der Waals surface area (Å²) in [5.74, 6) is -0.822. The normalized spacial score (nSPS) is 11.7. The number of nitro groups is 1. The molecule has 0 aliphatic rings. The standard InChI is InChI=1S/C18H17ClN4O6/c1-10(24)17(22-21-12-6-4-5-7-14(12)23(26)27)18(25)20-13-8-11(28-2)9-15(29-3)16(13)19/h4-9,17H,1-3H3,(H,20,25). The Labute approximate surface area is 170 Å². The summed E-state index contributed by atoms with van der Waals surface area (Å²) in [6, 6.07) is 6.99. The molecule has 0 bridgehead atoms. The topological polar surface area (TPSA) is 132 Å². The van der Waals surface area contributed by atoms with E-state index in [1.165, 1.54) is 50.6 Å². The highest BCUT2D eigenvalue weighted by atomic mass is 35.5. The largest absolute Gasteiger partial charge is 0.497 e. The molecule has 0 aliphatic heterocycles. The van der Waals surface area contributed by atoms with Gasteiger partial charge in [-0.15, -0.1) is 5.11 Å². The molecule has 1 N–H and O–H groups in total. The molecule has 2 rings (SSSR count). The molecule has 1 atom stereocenters. The Morgan fingerprint density at radius 1 is 1.21 bits per heavy atom. The molecule has 0 saturated carbocycles. The van der Waals surface area contributed by atoms with E-state index in [2.05, 4.69) is 15.5 Å². The van der Waals surface area contributed by atoms with Crippen molar-refractivity contribution in [1.82, 2.24) is 0 Å². The van der Waals surface area contributed by atoms with Gasteiger partial charge in [0.05, 0.1) is 24.8 Å². The summed E-state index contributed by atoms with van der Waals surface area (Å²) >= 11 is 6.19. The number of carbonyl (C=O) groups excluding carboxylic acids is 2. The number of nitrogens with one attached hydrogen (secondary N) is 1. The third-order valence-electron chi connectivity index (χ3n) is 3.72. The Morgan fingerprint density at radius 2 is 1.90 bits per heavy atom. The number of nitrogens with zero attached hydrogens (tertiary/aromatic N) is 3. The van der Waals surface area contributed by atoms with Gasteiger partial charge in [-0.1, -0.05) is 23.7 Å². The number of hydrogen-bond donors (Lipinski definition) is 1. The van der Waals surface area contributed by atoms with Crippen LogP contribution in [-0.2, 0) is 9.59 Å². The maximum absolute atomic E-state index is 12.6. The number of amides is 1. The number of nitro benzene ring substituents is 1. The Hall–Kier alpha value is -3.53. The number of rotatable bonds is 8. The SMILES string of the molecule is COc1cc(NC(=O)C(N=Nc2ccccc2[N+](=O)[O-])C(C)=O)c(Cl)c(OC)c1. The van der Waals surface area contributed by atoms with Crippen LogP contribution in [0.3, 0.4) is 0 Å². The van der Waals surface area contributed by atoms with Crippen LogP contribution in [0.2, 0.25) is 5.02 Å². The summed E-state index contributed by atoms with van der Waals surface area (Å²) in [7, 11) is 2.82. The van der Waals surface area contributed by atoms with Crippen LogP contribution in [0.1, 0.15) is 6.92 Å². The molecule has 0 aliphatic carbocycles. The van der Waals surface area contributed by atoms with E-state index in [1.54, 1.807) is 0 Å². The Bertz CT molecular complexity index is 979. The maximum Gasteiger partial charge on any atom is 0.296 e. The van der Waals surface area contributed by atoms with Crippen LogP contribution < -0.4 is 14.8 Å². The smallest absolute Gasteiger partial charge is 0.296 e. The van der Waals surface area contributed by atoms with Crippen LogP contribution in [-0.4, -0.2) is 36.9 Å². The van der Waals surface area contributed by atoms with Crippen molar-refractivity contribution in [3.05, 3.63) is 51.5 Å². The lowest BCUT2D eigenvalue weighted by Gasteiger charge is -2.14. The van der Waals surface area contributed by atoms with Crippen LogP contribution >= 0.6 is 11.6 Å². The number of methoxy groups -OCH3 is 2. The van der Waals surface area contributed by atoms with E-state index in [4.69, 9.17) is 21.1 Å². The molecular weight excluding hydrogens is 404 g/mol. The molecule has 1 unspecified atom stereocenters. The van der Waals surface area contributed by atoms with Gasteiger partial charge in [0, 0.05) is 18.2 Å². The highest BCUT2D eigenvalue weighted by molar-refractivity contribution is 6.35. The average Bonchev–Trinajstić information content (AvgIpc) is 2.69. The molecule has 29 heavy (non-hydrogen) atoms. The zero-order chi connectivity index (χ0) is 21.6. The molecule has 11 heteroatoms. The average molecular weight is 421 g/mol. The van der Waals surface area contributed by atoms with Crippen molar-refractivity contribution < 1.29 is 24.0 Å². The number of carbonyl (C=O) groups is 2. The van der Waals surface area contributed by atoms with Gasteiger partial charge >= 0.3 is 0 Å². The summed E-state index contributed by atoms with van der Waals surface area (Å²) in [6.45, 7) is 1.15. The van der Waals surface area contributed by atoms with Gasteiger partial charge in [0.25, 0.3) is 11.6 Å². The van der Waals surface area contributed by atoms with E-state index in [0.29, 0.717) is 5.75 Å². The highest BCUT2D eigenvalue weighted by Crippen LogP contribution is 2.36. The number of hydrogen-bond acceptors (Lipinski definition) is 8. The molecule has 0 aromatic heterocycles. The lowest BCUT2D eigenvalue weighted by atomic mass is 10.2. The first-order valence-corrected chi connectivity index (χ1v) is 8.53. The Morgan fingerprint density at radius 3 is 2.48 bits per heavy atom. The van der Waals surface area contributed by atoms with E-state index < -0.39 is 22.7 Å². The molecule has 0 saturated heterocycles. The fourth-order valence-corrected chi connectivity index (χ4v) is 2.51. The second-order valence-corrected chi connectivity index (χ2v) is 6.03. The minimum Gasteiger partial charge on any atom is -0.497 e. The molecule has 2 aromatic rings. The molecular formula is C18H17ClN4O6. The van der Waals surface area contributed by atoms with Gasteiger partial charge in [-0.25, -0.2) is 0 Å². The van der Waals surface area contributed by atoms with Crippen molar-refractivity contribution in [2.45, 2.75) is 13.0 Å². The molecule has 0 fully saturated rings. The fraction of sp³-hybridized carbons (Fsp3) is 0.222. The first-order valence-electron chi connectivity index (χ1n) is 8.15. The van der Waals surface area contributed by atoms with Crippen LogP contribution in [0, 0.1) is 10.1 Å². The zero-order valence-corrected chi connectivity index (χ0v) is 16.5. The summed E-state index contributed by atoms with van der Waals surface area (Å²) in [5, 5.41) is 21.0. The minimum atomic E-state index is -1.54. The fourth-order valence-electron chi connectivity index (χ4n) is 2.27. The van der Waals surface area contributed by atoms with E-state index in [0.717, 1.165) is 6.92 Å². The van der Waals surface area contributed by atoms with Gasteiger partial charge in [0.1, 0.15) is 16.5 Å². The van der Waals surface area contributed by atoms with Crippen molar-refractivity contribution in [3.63, 3.8) is 0 Å². The van der Waals surface area contributed by atoms with Crippen molar-refractivity contribution in [1.29, 1.82) is 0 Å². The third-order valence-corrected chi connectivity index (χ3v) is 4.11. The summed E-state index contributed by atoms with van der Waals surface area (Å²) in [6.07, 6.45) is 0. The number of benzene rings is 2. The van der Waals surface area contributed by atoms with Gasteiger partial charge < -0.3 is 14.8 Å². The molecule has 10 nitrogen and oxygen atoms in total. The summed E-state index contributed by atoms with van der Waals surface area (Å²) in [4.78, 5) is 34.9. The monoisotopic (exact) mass is 420 g/mol. The number of anilines is 1. The predicted octanol–water partition coefficient (Wildman–Crippen LogP) is 3.95. The van der Waals surface area contributed by atoms with Gasteiger partial charge in [-0.2, -0.15) is 5.11 Å². The van der Waals surface area contributed by atoms with Gasteiger partial charge in [0.2, 0.25) is 6.04 Å². The second kappa shape index (κ2) is 9.60. The molecule has 2 aromatic carbocycles. The Balaban J connectivity index is 2.32. The number of Topliss-reactive ketones (excluding diaryl/α,β-unsaturated/α-hetero) is 1. The van der Waals surface area contributed by atoms with Crippen molar-refractivity contribution in [2.75, 3.05) is 19.5 Å². The molecule has 0 heterocycles. The lowest BCUT2D eigenvalue weighted by molar-refractivity contribution is -0.384. The highest BCUT2D eigenvalue weighted by Gasteiger charge is 2.25. The van der Waals surface area contributed by atoms with Crippen molar-refractivity contribution >= 4 is 40.4 Å². The number of halogens is 1. The minimum absolute atomic E-state index is 0.0855. The second-order valence-electron chi connectivity index (χ2n) is 5.65. The van der Waals surface area contributed by atoms with Crippen LogP contribution in [0.25, 0.3) is 0 Å². The van der Waals surface area contributed by atoms with E-state index in [9.17, 15) is 19.7 Å². The van der Waals surface area contributed by atoms with Crippen molar-refractivity contribution in [3.8, 4) is 11.5 Å². The zero-order valence-electron chi connectivity index (χ0n) is 15.7. The Kier molecular flexibility index (Phi) is 7.21. The number of ether oxygens (including phenoxy) is 2. The van der Waals surface area contributed by atoms with Gasteiger partial charge in [0.15, 0.2) is 11.5 Å². The van der Waals surface area contributed by atoms with Gasteiger partial charge in [-0.3, -0.25) is 19.7 Å². The van der Waals surface area contributed by atoms with E-state index >= 15 is 0 Å². The van der Waals surface area contributed by atoms with Crippen LogP contribution in [0.4, 0.5) is 17.1 Å². The molecule has 0 spiro atoms. The van der Waals surface area contributed by atoms with Crippen LogP contribution in [0.15, 0.2) is 46.6 Å². The quantitative estimate of drug-likeness (QED) is 0.297.